The molecule has 0 saturated heterocycles. The Kier molecular flexibility index (Phi) is 4.02. The van der Waals surface area contributed by atoms with Crippen LogP contribution in [0.15, 0.2) is 24.3 Å². The van der Waals surface area contributed by atoms with Crippen molar-refractivity contribution in [3.8, 4) is 0 Å². The Bertz CT molecular complexity index is 515. The largest absolute Gasteiger partial charge is 0.330 e. The summed E-state index contributed by atoms with van der Waals surface area (Å²) >= 11 is 0. The van der Waals surface area contributed by atoms with Gasteiger partial charge in [-0.05, 0) is 37.8 Å². The molecule has 2 N–H and O–H groups in total. The second-order valence-corrected chi connectivity index (χ2v) is 5.17. The molecule has 0 saturated carbocycles. The Morgan fingerprint density at radius 1 is 1.22 bits per heavy atom. The van der Waals surface area contributed by atoms with E-state index >= 15 is 0 Å². The minimum absolute atomic E-state index is 0.538. The van der Waals surface area contributed by atoms with E-state index in [9.17, 15) is 0 Å². The van der Waals surface area contributed by atoms with Crippen LogP contribution in [0.25, 0.3) is 10.9 Å². The second kappa shape index (κ2) is 5.53. The van der Waals surface area contributed by atoms with Crippen molar-refractivity contribution in [3.05, 3.63) is 30.0 Å². The van der Waals surface area contributed by atoms with Crippen LogP contribution in [0, 0.1) is 11.8 Å². The molecule has 3 nitrogen and oxygen atoms in total. The van der Waals surface area contributed by atoms with Gasteiger partial charge >= 0.3 is 0 Å². The van der Waals surface area contributed by atoms with Gasteiger partial charge in [0.15, 0.2) is 0 Å². The van der Waals surface area contributed by atoms with Crippen molar-refractivity contribution in [2.75, 3.05) is 6.54 Å². The fraction of sp³-hybridized carbons (Fsp3) is 0.533. The first kappa shape index (κ1) is 13.1. The molecular formula is C15H23N3. The first-order valence-electron chi connectivity index (χ1n) is 6.81. The number of nitrogens with two attached hydrogens (primary N) is 1. The summed E-state index contributed by atoms with van der Waals surface area (Å²) in [6.45, 7) is 8.27. The quantitative estimate of drug-likeness (QED) is 0.880. The third kappa shape index (κ3) is 2.41. The molecule has 0 fully saturated rings. The van der Waals surface area contributed by atoms with Gasteiger partial charge in [-0.15, -0.1) is 0 Å². The molecular weight excluding hydrogens is 222 g/mol. The summed E-state index contributed by atoms with van der Waals surface area (Å²) in [4.78, 5) is 0. The lowest BCUT2D eigenvalue weighted by molar-refractivity contribution is 0.390. The molecule has 0 spiro atoms. The number of nitrogens with zero attached hydrogens (tertiary/aromatic N) is 2. The Balaban J connectivity index is 2.33. The summed E-state index contributed by atoms with van der Waals surface area (Å²) in [6, 6.07) is 8.48. The van der Waals surface area contributed by atoms with E-state index in [0.29, 0.717) is 11.8 Å². The van der Waals surface area contributed by atoms with Gasteiger partial charge in [0.25, 0.3) is 0 Å². The Labute approximate surface area is 109 Å². The molecule has 2 atom stereocenters. The molecule has 1 aromatic heterocycles. The van der Waals surface area contributed by atoms with Crippen molar-refractivity contribution in [2.24, 2.45) is 17.6 Å². The highest BCUT2D eigenvalue weighted by Crippen LogP contribution is 2.23. The third-order valence-corrected chi connectivity index (χ3v) is 3.89. The van der Waals surface area contributed by atoms with Crippen LogP contribution in [0.4, 0.5) is 0 Å². The maximum Gasteiger partial charge on any atom is 0.0706 e. The topological polar surface area (TPSA) is 43.8 Å². The Hall–Kier alpha value is -1.35. The van der Waals surface area contributed by atoms with Gasteiger partial charge < -0.3 is 5.73 Å². The van der Waals surface area contributed by atoms with Gasteiger partial charge in [-0.2, -0.15) is 5.10 Å². The zero-order valence-corrected chi connectivity index (χ0v) is 11.6. The summed E-state index contributed by atoms with van der Waals surface area (Å²) in [5.41, 5.74) is 8.19. The zero-order chi connectivity index (χ0) is 13.1. The molecule has 98 valence electrons. The van der Waals surface area contributed by atoms with Crippen molar-refractivity contribution in [1.82, 2.24) is 9.78 Å². The summed E-state index contributed by atoms with van der Waals surface area (Å²) in [6.07, 6.45) is 1.01. The highest BCUT2D eigenvalue weighted by molar-refractivity contribution is 5.81. The average molecular weight is 245 g/mol. The molecule has 1 aromatic carbocycles. The summed E-state index contributed by atoms with van der Waals surface area (Å²) in [5.74, 6) is 1.11. The number of aryl methyl sites for hydroxylation is 1. The zero-order valence-electron chi connectivity index (χ0n) is 11.6. The normalized spacial score (nSPS) is 14.9. The first-order valence-corrected chi connectivity index (χ1v) is 6.81. The third-order valence-electron chi connectivity index (χ3n) is 3.89. The predicted octanol–water partition coefficient (Wildman–Crippen LogP) is 2.83. The van der Waals surface area contributed by atoms with Gasteiger partial charge in [0.2, 0.25) is 0 Å². The molecule has 1 heterocycles. The molecule has 3 heteroatoms. The summed E-state index contributed by atoms with van der Waals surface area (Å²) < 4.78 is 2.09. The molecule has 18 heavy (non-hydrogen) atoms. The number of aromatic nitrogens is 2. The average Bonchev–Trinajstić information content (AvgIpc) is 2.76. The van der Waals surface area contributed by atoms with Crippen LogP contribution in [0.2, 0.25) is 0 Å². The molecule has 2 aromatic rings. The number of fused-ring (bicyclic) bond motifs is 1. The van der Waals surface area contributed by atoms with Crippen LogP contribution in [-0.4, -0.2) is 16.3 Å². The van der Waals surface area contributed by atoms with E-state index in [0.717, 1.165) is 19.5 Å². The van der Waals surface area contributed by atoms with Crippen LogP contribution >= 0.6 is 0 Å². The highest BCUT2D eigenvalue weighted by Gasteiger charge is 2.16. The monoisotopic (exact) mass is 245 g/mol. The van der Waals surface area contributed by atoms with E-state index in [-0.39, 0.29) is 0 Å². The molecule has 2 unspecified atom stereocenters. The SMILES string of the molecule is CCn1nc(CC(C)C(C)CN)c2ccccc21. The highest BCUT2D eigenvalue weighted by atomic mass is 15.3. The fourth-order valence-electron chi connectivity index (χ4n) is 2.33. The van der Waals surface area contributed by atoms with Crippen molar-refractivity contribution in [3.63, 3.8) is 0 Å². The minimum atomic E-state index is 0.538. The molecule has 0 amide bonds. The van der Waals surface area contributed by atoms with Crippen molar-refractivity contribution < 1.29 is 0 Å². The van der Waals surface area contributed by atoms with E-state index in [1.54, 1.807) is 0 Å². The van der Waals surface area contributed by atoms with Gasteiger partial charge in [-0.25, -0.2) is 0 Å². The van der Waals surface area contributed by atoms with Gasteiger partial charge in [0.1, 0.15) is 0 Å². The van der Waals surface area contributed by atoms with Crippen molar-refractivity contribution >= 4 is 10.9 Å². The lowest BCUT2D eigenvalue weighted by Gasteiger charge is -2.16. The van der Waals surface area contributed by atoms with Crippen molar-refractivity contribution in [1.29, 1.82) is 0 Å². The molecule has 0 aliphatic heterocycles. The summed E-state index contributed by atoms with van der Waals surface area (Å²) in [7, 11) is 0. The molecule has 0 aliphatic carbocycles. The van der Waals surface area contributed by atoms with Crippen LogP contribution < -0.4 is 5.73 Å². The van der Waals surface area contributed by atoms with Crippen LogP contribution in [-0.2, 0) is 13.0 Å². The van der Waals surface area contributed by atoms with Crippen LogP contribution in [0.3, 0.4) is 0 Å². The molecule has 2 rings (SSSR count). The standard InChI is InChI=1S/C15H23N3/c1-4-18-15-8-6-5-7-13(15)14(17-18)9-11(2)12(3)10-16/h5-8,11-12H,4,9-10,16H2,1-3H3. The predicted molar refractivity (Wildman–Crippen MR) is 76.5 cm³/mol. The number of benzene rings is 1. The van der Waals surface area contributed by atoms with Gasteiger partial charge in [0, 0.05) is 11.9 Å². The Morgan fingerprint density at radius 3 is 2.61 bits per heavy atom. The van der Waals surface area contributed by atoms with Crippen LogP contribution in [0.5, 0.6) is 0 Å². The van der Waals surface area contributed by atoms with E-state index in [2.05, 4.69) is 49.7 Å². The Morgan fingerprint density at radius 2 is 1.94 bits per heavy atom. The number of hydrogen-bond acceptors (Lipinski definition) is 2. The van der Waals surface area contributed by atoms with Crippen LogP contribution in [0.1, 0.15) is 26.5 Å². The maximum absolute atomic E-state index is 5.75. The van der Waals surface area contributed by atoms with E-state index in [1.807, 2.05) is 0 Å². The number of para-hydroxylation sites is 1. The molecule has 0 radical (unpaired) electrons. The minimum Gasteiger partial charge on any atom is -0.330 e. The summed E-state index contributed by atoms with van der Waals surface area (Å²) in [5, 5.41) is 6.03. The lowest BCUT2D eigenvalue weighted by atomic mass is 9.91. The molecule has 0 bridgehead atoms. The van der Waals surface area contributed by atoms with Crippen molar-refractivity contribution in [2.45, 2.75) is 33.7 Å². The number of rotatable bonds is 5. The lowest BCUT2D eigenvalue weighted by Crippen LogP contribution is -2.20. The maximum atomic E-state index is 5.75. The van der Waals surface area contributed by atoms with Gasteiger partial charge in [-0.3, -0.25) is 4.68 Å². The van der Waals surface area contributed by atoms with E-state index in [1.165, 1.54) is 16.6 Å². The number of hydrogen-bond donors (Lipinski definition) is 1. The first-order chi connectivity index (χ1) is 8.67. The molecule has 0 aliphatic rings. The smallest absolute Gasteiger partial charge is 0.0706 e. The second-order valence-electron chi connectivity index (χ2n) is 5.17. The van der Waals surface area contributed by atoms with Gasteiger partial charge in [0.05, 0.1) is 11.2 Å². The van der Waals surface area contributed by atoms with E-state index < -0.39 is 0 Å². The van der Waals surface area contributed by atoms with E-state index in [4.69, 9.17) is 10.8 Å². The fourth-order valence-corrected chi connectivity index (χ4v) is 2.33. The van der Waals surface area contributed by atoms with Gasteiger partial charge in [-0.1, -0.05) is 32.0 Å².